The second-order valence-corrected chi connectivity index (χ2v) is 4.28. The summed E-state index contributed by atoms with van der Waals surface area (Å²) >= 11 is 0. The minimum atomic E-state index is -0.00440. The molecule has 0 aliphatic rings. The number of hydrogen-bond donors (Lipinski definition) is 1. The van der Waals surface area contributed by atoms with E-state index < -0.39 is 0 Å². The Hall–Kier alpha value is -2.02. The Balaban J connectivity index is 2.20. The van der Waals surface area contributed by atoms with E-state index in [0.717, 1.165) is 6.42 Å². The number of aromatic nitrogens is 4. The van der Waals surface area contributed by atoms with Crippen molar-refractivity contribution in [3.63, 3.8) is 0 Å². The zero-order valence-corrected chi connectivity index (χ0v) is 11.2. The van der Waals surface area contributed by atoms with E-state index in [2.05, 4.69) is 20.3 Å². The van der Waals surface area contributed by atoms with Crippen LogP contribution in [0.3, 0.4) is 0 Å². The molecule has 0 aliphatic heterocycles. The number of methoxy groups -OCH3 is 1. The van der Waals surface area contributed by atoms with Crippen LogP contribution in [-0.4, -0.2) is 33.5 Å². The van der Waals surface area contributed by atoms with Gasteiger partial charge in [-0.1, -0.05) is 19.0 Å². The third kappa shape index (κ3) is 2.87. The highest BCUT2D eigenvalue weighted by Crippen LogP contribution is 2.21. The molecule has 0 radical (unpaired) electrons. The van der Waals surface area contributed by atoms with Gasteiger partial charge in [-0.3, -0.25) is 0 Å². The van der Waals surface area contributed by atoms with Crippen LogP contribution in [0, 0.1) is 0 Å². The Morgan fingerprint density at radius 3 is 2.74 bits per heavy atom. The molecule has 2 atom stereocenters. The molecule has 2 unspecified atom stereocenters. The van der Waals surface area contributed by atoms with Crippen molar-refractivity contribution in [1.82, 2.24) is 20.3 Å². The molecule has 0 aromatic carbocycles. The first-order chi connectivity index (χ1) is 9.15. The summed E-state index contributed by atoms with van der Waals surface area (Å²) in [5.74, 6) is 1.37. The molecule has 0 amide bonds. The van der Waals surface area contributed by atoms with Gasteiger partial charge >= 0.3 is 0 Å². The average Bonchev–Trinajstić information content (AvgIpc) is 2.95. The molecule has 7 nitrogen and oxygen atoms in total. The minimum Gasteiger partial charge on any atom is -0.480 e. The van der Waals surface area contributed by atoms with E-state index in [-0.39, 0.29) is 12.0 Å². The standard InChI is InChI=1S/C12H17N5O2/c1-4-8(13)7(2)12-14-11(17-19-12)9-5-6-10(18-3)16-15-9/h5-8H,4,13H2,1-3H3. The Labute approximate surface area is 111 Å². The lowest BCUT2D eigenvalue weighted by molar-refractivity contribution is 0.340. The van der Waals surface area contributed by atoms with Crippen molar-refractivity contribution in [2.24, 2.45) is 5.73 Å². The third-order valence-corrected chi connectivity index (χ3v) is 3.02. The second-order valence-electron chi connectivity index (χ2n) is 4.28. The molecule has 0 saturated carbocycles. The lowest BCUT2D eigenvalue weighted by atomic mass is 10.0. The molecule has 2 aromatic rings. The van der Waals surface area contributed by atoms with Crippen LogP contribution in [0.4, 0.5) is 0 Å². The smallest absolute Gasteiger partial charge is 0.233 e. The van der Waals surface area contributed by atoms with Gasteiger partial charge in [-0.2, -0.15) is 4.98 Å². The van der Waals surface area contributed by atoms with Crippen molar-refractivity contribution < 1.29 is 9.26 Å². The molecular formula is C12H17N5O2. The molecule has 102 valence electrons. The van der Waals surface area contributed by atoms with Gasteiger partial charge in [0.25, 0.3) is 0 Å². The van der Waals surface area contributed by atoms with Gasteiger partial charge < -0.3 is 15.0 Å². The van der Waals surface area contributed by atoms with Crippen LogP contribution in [-0.2, 0) is 0 Å². The maximum atomic E-state index is 5.96. The van der Waals surface area contributed by atoms with E-state index in [1.165, 1.54) is 7.11 Å². The lowest BCUT2D eigenvalue weighted by Crippen LogP contribution is -2.25. The second kappa shape index (κ2) is 5.75. The maximum absolute atomic E-state index is 5.96. The average molecular weight is 263 g/mol. The van der Waals surface area contributed by atoms with Gasteiger partial charge in [-0.15, -0.1) is 10.2 Å². The van der Waals surface area contributed by atoms with Crippen molar-refractivity contribution in [2.75, 3.05) is 7.11 Å². The van der Waals surface area contributed by atoms with Crippen molar-refractivity contribution in [1.29, 1.82) is 0 Å². The summed E-state index contributed by atoms with van der Waals surface area (Å²) in [6.45, 7) is 3.98. The van der Waals surface area contributed by atoms with Gasteiger partial charge in [0, 0.05) is 12.1 Å². The van der Waals surface area contributed by atoms with Gasteiger partial charge in [0.05, 0.1) is 13.0 Å². The van der Waals surface area contributed by atoms with Gasteiger partial charge in [0.15, 0.2) is 0 Å². The Morgan fingerprint density at radius 1 is 1.37 bits per heavy atom. The first-order valence-electron chi connectivity index (χ1n) is 6.13. The number of nitrogens with two attached hydrogens (primary N) is 1. The summed E-state index contributed by atoms with van der Waals surface area (Å²) in [6.07, 6.45) is 0.848. The monoisotopic (exact) mass is 263 g/mol. The summed E-state index contributed by atoms with van der Waals surface area (Å²) in [5.41, 5.74) is 6.50. The van der Waals surface area contributed by atoms with E-state index in [4.69, 9.17) is 15.0 Å². The number of rotatable bonds is 5. The van der Waals surface area contributed by atoms with Crippen LogP contribution in [0.5, 0.6) is 5.88 Å². The first kappa shape index (κ1) is 13.4. The Bertz CT molecular complexity index is 525. The van der Waals surface area contributed by atoms with Crippen molar-refractivity contribution in [3.05, 3.63) is 18.0 Å². The summed E-state index contributed by atoms with van der Waals surface area (Å²) in [5, 5.41) is 11.7. The molecule has 2 aromatic heterocycles. The summed E-state index contributed by atoms with van der Waals surface area (Å²) in [6, 6.07) is 3.42. The quantitative estimate of drug-likeness (QED) is 0.869. The molecule has 0 fully saturated rings. The molecule has 0 aliphatic carbocycles. The fraction of sp³-hybridized carbons (Fsp3) is 0.500. The predicted molar refractivity (Wildman–Crippen MR) is 68.6 cm³/mol. The number of nitrogens with zero attached hydrogens (tertiary/aromatic N) is 4. The van der Waals surface area contributed by atoms with E-state index in [0.29, 0.717) is 23.3 Å². The maximum Gasteiger partial charge on any atom is 0.233 e. The zero-order chi connectivity index (χ0) is 13.8. The van der Waals surface area contributed by atoms with E-state index in [9.17, 15) is 0 Å². The molecule has 0 spiro atoms. The SMILES string of the molecule is CCC(N)C(C)c1nc(-c2ccc(OC)nn2)no1. The fourth-order valence-electron chi connectivity index (χ4n) is 1.61. The molecule has 2 heterocycles. The first-order valence-corrected chi connectivity index (χ1v) is 6.13. The van der Waals surface area contributed by atoms with Crippen LogP contribution in [0.2, 0.25) is 0 Å². The summed E-state index contributed by atoms with van der Waals surface area (Å²) in [7, 11) is 1.53. The molecule has 0 saturated heterocycles. The third-order valence-electron chi connectivity index (χ3n) is 3.02. The van der Waals surface area contributed by atoms with Crippen molar-refractivity contribution in [2.45, 2.75) is 32.2 Å². The highest BCUT2D eigenvalue weighted by molar-refractivity contribution is 5.47. The topological polar surface area (TPSA) is 100.0 Å². The van der Waals surface area contributed by atoms with Crippen molar-refractivity contribution in [3.8, 4) is 17.4 Å². The van der Waals surface area contributed by atoms with Gasteiger partial charge in [-0.05, 0) is 12.5 Å². The highest BCUT2D eigenvalue weighted by Gasteiger charge is 2.20. The van der Waals surface area contributed by atoms with E-state index >= 15 is 0 Å². The Morgan fingerprint density at radius 2 is 2.16 bits per heavy atom. The molecule has 2 N–H and O–H groups in total. The summed E-state index contributed by atoms with van der Waals surface area (Å²) in [4.78, 5) is 4.30. The highest BCUT2D eigenvalue weighted by atomic mass is 16.5. The van der Waals surface area contributed by atoms with Gasteiger partial charge in [0.1, 0.15) is 5.69 Å². The number of hydrogen-bond acceptors (Lipinski definition) is 7. The van der Waals surface area contributed by atoms with Crippen LogP contribution in [0.15, 0.2) is 16.7 Å². The fourth-order valence-corrected chi connectivity index (χ4v) is 1.61. The molecule has 7 heteroatoms. The molecular weight excluding hydrogens is 246 g/mol. The van der Waals surface area contributed by atoms with Crippen LogP contribution in [0.25, 0.3) is 11.5 Å². The lowest BCUT2D eigenvalue weighted by Gasteiger charge is -2.13. The molecule has 2 rings (SSSR count). The van der Waals surface area contributed by atoms with E-state index in [1.54, 1.807) is 12.1 Å². The Kier molecular flexibility index (Phi) is 4.06. The molecule has 0 bridgehead atoms. The minimum absolute atomic E-state index is 0.00440. The normalized spacial score (nSPS) is 14.1. The van der Waals surface area contributed by atoms with E-state index in [1.807, 2.05) is 13.8 Å². The predicted octanol–water partition coefficient (Wildman–Crippen LogP) is 1.38. The summed E-state index contributed by atoms with van der Waals surface area (Å²) < 4.78 is 10.2. The zero-order valence-electron chi connectivity index (χ0n) is 11.2. The van der Waals surface area contributed by atoms with Crippen LogP contribution >= 0.6 is 0 Å². The van der Waals surface area contributed by atoms with Crippen LogP contribution in [0.1, 0.15) is 32.1 Å². The molecule has 19 heavy (non-hydrogen) atoms. The van der Waals surface area contributed by atoms with Gasteiger partial charge in [0.2, 0.25) is 17.6 Å². The largest absolute Gasteiger partial charge is 0.480 e. The van der Waals surface area contributed by atoms with Crippen molar-refractivity contribution >= 4 is 0 Å². The van der Waals surface area contributed by atoms with Crippen LogP contribution < -0.4 is 10.5 Å². The number of ether oxygens (including phenoxy) is 1. The van der Waals surface area contributed by atoms with Gasteiger partial charge in [-0.25, -0.2) is 0 Å².